The molecule has 0 N–H and O–H groups in total. The van der Waals surface area contributed by atoms with Gasteiger partial charge in [0.2, 0.25) is 0 Å². The first-order valence-electron chi connectivity index (χ1n) is 9.26. The van der Waals surface area contributed by atoms with Crippen LogP contribution in [-0.2, 0) is 26.2 Å². The zero-order valence-corrected chi connectivity index (χ0v) is 18.9. The van der Waals surface area contributed by atoms with E-state index in [9.17, 15) is 0 Å². The molecule has 10 radical (unpaired) electrons. The second-order valence-corrected chi connectivity index (χ2v) is 5.76. The molecule has 4 rings (SSSR count). The number of rotatable bonds is 2. The average Bonchev–Trinajstić information content (AvgIpc) is 3.52. The van der Waals surface area contributed by atoms with Crippen molar-refractivity contribution < 1.29 is 26.2 Å². The van der Waals surface area contributed by atoms with Crippen LogP contribution in [-0.4, -0.2) is 0 Å². The summed E-state index contributed by atoms with van der Waals surface area (Å²) in [6.45, 7) is 3.92. The molecule has 2 aliphatic carbocycles. The van der Waals surface area contributed by atoms with Gasteiger partial charge < -0.3 is 6.92 Å². The second-order valence-electron chi connectivity index (χ2n) is 5.76. The fourth-order valence-corrected chi connectivity index (χ4v) is 2.26. The van der Waals surface area contributed by atoms with E-state index in [2.05, 4.69) is 37.0 Å². The molecule has 0 spiro atoms. The van der Waals surface area contributed by atoms with Crippen molar-refractivity contribution in [3.05, 3.63) is 149 Å². The van der Waals surface area contributed by atoms with E-state index in [1.807, 2.05) is 113 Å². The molecule has 2 aromatic carbocycles. The van der Waals surface area contributed by atoms with Crippen molar-refractivity contribution in [1.82, 2.24) is 0 Å². The van der Waals surface area contributed by atoms with E-state index in [1.165, 1.54) is 0 Å². The van der Waals surface area contributed by atoms with Gasteiger partial charge in [-0.1, -0.05) is 48.5 Å². The summed E-state index contributed by atoms with van der Waals surface area (Å²) in [5, 5.41) is 0. The standard InChI is InChI=1S/C18H14.2C5H5.Zr/c1-2-17(18-13-7-4-8-14-18)15-9-12-16-10-5-3-6-11-16;2*1-2-4-5-3-1;/h3-8,10-11,13-14H,1-2H2;2*1-5H;/q-2;;;+4. The summed E-state index contributed by atoms with van der Waals surface area (Å²) in [6, 6.07) is 20.0. The van der Waals surface area contributed by atoms with Gasteiger partial charge in [0, 0.05) is 0 Å². The zero-order chi connectivity index (χ0) is 19.7. The Labute approximate surface area is 198 Å². The maximum Gasteiger partial charge on any atom is 4.00 e. The molecule has 29 heavy (non-hydrogen) atoms. The molecule has 2 fully saturated rings. The van der Waals surface area contributed by atoms with Gasteiger partial charge in [0.05, 0.1) is 0 Å². The molecule has 0 amide bonds. The van der Waals surface area contributed by atoms with Crippen molar-refractivity contribution >= 4 is 5.57 Å². The molecule has 0 saturated heterocycles. The zero-order valence-electron chi connectivity index (χ0n) is 16.5. The van der Waals surface area contributed by atoms with Gasteiger partial charge in [-0.15, -0.1) is 23.8 Å². The molecule has 0 aliphatic heterocycles. The van der Waals surface area contributed by atoms with Gasteiger partial charge in [-0.25, -0.2) is 11.8 Å². The van der Waals surface area contributed by atoms with E-state index in [0.29, 0.717) is 6.42 Å². The van der Waals surface area contributed by atoms with Crippen molar-refractivity contribution in [2.45, 2.75) is 6.42 Å². The van der Waals surface area contributed by atoms with Gasteiger partial charge in [-0.05, 0) is 69.8 Å². The third-order valence-electron chi connectivity index (χ3n) is 3.68. The fourth-order valence-electron chi connectivity index (χ4n) is 2.26. The van der Waals surface area contributed by atoms with E-state index in [0.717, 1.165) is 16.7 Å². The quantitative estimate of drug-likeness (QED) is 0.377. The minimum atomic E-state index is 0. The minimum absolute atomic E-state index is 0. The van der Waals surface area contributed by atoms with E-state index in [1.54, 1.807) is 0 Å². The van der Waals surface area contributed by atoms with E-state index < -0.39 is 0 Å². The number of allylic oxidation sites excluding steroid dienone is 2. The molecule has 2 aliphatic rings. The predicted octanol–water partition coefficient (Wildman–Crippen LogP) is 6.19. The van der Waals surface area contributed by atoms with Gasteiger partial charge in [-0.3, -0.25) is 0 Å². The Morgan fingerprint density at radius 2 is 1.07 bits per heavy atom. The summed E-state index contributed by atoms with van der Waals surface area (Å²) < 4.78 is 0. The van der Waals surface area contributed by atoms with Crippen LogP contribution in [0.1, 0.15) is 17.5 Å². The maximum atomic E-state index is 3.92. The average molecular weight is 452 g/mol. The first-order chi connectivity index (χ1) is 13.9. The van der Waals surface area contributed by atoms with Crippen LogP contribution in [0.4, 0.5) is 0 Å². The first kappa shape index (κ1) is 25.7. The summed E-state index contributed by atoms with van der Waals surface area (Å²) in [4.78, 5) is 0. The number of hydrogen-bond acceptors (Lipinski definition) is 0. The summed E-state index contributed by atoms with van der Waals surface area (Å²) in [6.07, 6.45) is 23.8. The summed E-state index contributed by atoms with van der Waals surface area (Å²) in [5.74, 6) is 6.04. The van der Waals surface area contributed by atoms with Crippen molar-refractivity contribution in [3.8, 4) is 11.8 Å². The smallest absolute Gasteiger partial charge is 0.341 e. The largest absolute Gasteiger partial charge is 4.00 e. The Hall–Kier alpha value is -1.38. The van der Waals surface area contributed by atoms with Crippen LogP contribution in [0.2, 0.25) is 0 Å². The molecule has 0 nitrogen and oxygen atoms in total. The van der Waals surface area contributed by atoms with Gasteiger partial charge in [0.15, 0.2) is 0 Å². The topological polar surface area (TPSA) is 0 Å². The molecular formula is C28H24Zr+2. The molecule has 0 aromatic heterocycles. The van der Waals surface area contributed by atoms with Gasteiger partial charge in [-0.2, -0.15) is 12.0 Å². The van der Waals surface area contributed by atoms with Crippen LogP contribution < -0.4 is 0 Å². The summed E-state index contributed by atoms with van der Waals surface area (Å²) >= 11 is 0. The second kappa shape index (κ2) is 17.5. The van der Waals surface area contributed by atoms with Crippen LogP contribution in [0.25, 0.3) is 5.57 Å². The molecule has 2 aromatic rings. The van der Waals surface area contributed by atoms with Gasteiger partial charge >= 0.3 is 26.2 Å². The maximum absolute atomic E-state index is 3.92. The number of benzene rings is 2. The number of hydrogen-bond donors (Lipinski definition) is 0. The molecule has 0 unspecified atom stereocenters. The van der Waals surface area contributed by atoms with E-state index in [4.69, 9.17) is 0 Å². The van der Waals surface area contributed by atoms with Crippen LogP contribution in [0.5, 0.6) is 0 Å². The van der Waals surface area contributed by atoms with E-state index >= 15 is 0 Å². The molecule has 0 heterocycles. The Morgan fingerprint density at radius 3 is 1.48 bits per heavy atom. The van der Waals surface area contributed by atoms with Crippen molar-refractivity contribution in [2.75, 3.05) is 0 Å². The van der Waals surface area contributed by atoms with Crippen LogP contribution in [0.3, 0.4) is 0 Å². The molecule has 138 valence electrons. The third kappa shape index (κ3) is 12.0. The molecule has 2 saturated carbocycles. The van der Waals surface area contributed by atoms with Gasteiger partial charge in [0.25, 0.3) is 0 Å². The van der Waals surface area contributed by atoms with Crippen LogP contribution in [0.15, 0.2) is 60.7 Å². The SMILES string of the molecule is [CH2-]CC(=[C-]C#Cc1ccccc1)c1ccccc1.[CH]1[CH][CH][CH][CH]1.[CH]1[CH][CH][CH][CH]1.[Zr+4]. The summed E-state index contributed by atoms with van der Waals surface area (Å²) in [5.41, 5.74) is 3.18. The van der Waals surface area contributed by atoms with Crippen LogP contribution in [0, 0.1) is 89.0 Å². The van der Waals surface area contributed by atoms with Crippen molar-refractivity contribution in [1.29, 1.82) is 0 Å². The Kier molecular flexibility index (Phi) is 15.5. The molecular weight excluding hydrogens is 428 g/mol. The minimum Gasteiger partial charge on any atom is -0.341 e. The van der Waals surface area contributed by atoms with Gasteiger partial charge in [0.1, 0.15) is 0 Å². The Morgan fingerprint density at radius 1 is 0.655 bits per heavy atom. The monoisotopic (exact) mass is 450 g/mol. The Bertz CT molecular complexity index is 686. The van der Waals surface area contributed by atoms with Crippen molar-refractivity contribution in [2.24, 2.45) is 0 Å². The van der Waals surface area contributed by atoms with Crippen LogP contribution >= 0.6 is 0 Å². The molecule has 0 atom stereocenters. The van der Waals surface area contributed by atoms with Crippen molar-refractivity contribution in [3.63, 3.8) is 0 Å². The normalized spacial score (nSPS) is 14.9. The predicted molar refractivity (Wildman–Crippen MR) is 119 cm³/mol. The van der Waals surface area contributed by atoms with E-state index in [-0.39, 0.29) is 26.2 Å². The summed E-state index contributed by atoms with van der Waals surface area (Å²) in [7, 11) is 0. The molecule has 0 bridgehead atoms. The third-order valence-corrected chi connectivity index (χ3v) is 3.68. The fraction of sp³-hybridized carbons (Fsp3) is 0.0357. The first-order valence-corrected chi connectivity index (χ1v) is 9.26. The molecule has 1 heteroatoms. The Balaban J connectivity index is 0.000000311.